The first-order valence-corrected chi connectivity index (χ1v) is 4.89. The third-order valence-electron chi connectivity index (χ3n) is 2.02. The largest absolute Gasteiger partial charge is 0.443 e. The molecule has 1 aliphatic carbocycles. The Labute approximate surface area is 88.6 Å². The van der Waals surface area contributed by atoms with Crippen molar-refractivity contribution in [3.05, 3.63) is 10.4 Å². The topological polar surface area (TPSA) is 87.1 Å². The lowest BCUT2D eigenvalue weighted by molar-refractivity contribution is 0.0814. The summed E-state index contributed by atoms with van der Waals surface area (Å²) in [5.41, 5.74) is 7.33. The molecule has 0 aliphatic heterocycles. The fourth-order valence-electron chi connectivity index (χ4n) is 1.12. The highest BCUT2D eigenvalue weighted by Gasteiger charge is 2.46. The third kappa shape index (κ3) is 4.08. The van der Waals surface area contributed by atoms with E-state index in [1.807, 2.05) is 20.8 Å². The average molecular weight is 212 g/mol. The van der Waals surface area contributed by atoms with Crippen molar-refractivity contribution in [2.45, 2.75) is 44.8 Å². The number of azide groups is 1. The summed E-state index contributed by atoms with van der Waals surface area (Å²) in [7, 11) is 0. The number of nitrogens with one attached hydrogen (secondary N) is 1. The smallest absolute Gasteiger partial charge is 0.408 e. The molecule has 0 saturated heterocycles. The minimum absolute atomic E-state index is 0.223. The molecule has 0 heterocycles. The quantitative estimate of drug-likeness (QED) is 0.442. The number of hydrogen-bond acceptors (Lipinski definition) is 3. The summed E-state index contributed by atoms with van der Waals surface area (Å²) in [6.07, 6.45) is 1.08. The van der Waals surface area contributed by atoms with Gasteiger partial charge in [-0.3, -0.25) is 0 Å². The van der Waals surface area contributed by atoms with Crippen molar-refractivity contribution < 1.29 is 9.53 Å². The van der Waals surface area contributed by atoms with Crippen molar-refractivity contribution in [1.29, 1.82) is 0 Å². The van der Waals surface area contributed by atoms with E-state index in [2.05, 4.69) is 15.3 Å². The van der Waals surface area contributed by atoms with Crippen LogP contribution in [0, 0.1) is 0 Å². The van der Waals surface area contributed by atoms with E-state index >= 15 is 0 Å². The lowest BCUT2D eigenvalue weighted by Gasteiger charge is -2.22. The second kappa shape index (κ2) is 3.98. The van der Waals surface area contributed by atoms with Gasteiger partial charge in [-0.25, -0.2) is 4.79 Å². The molecule has 0 unspecified atom stereocenters. The fourth-order valence-corrected chi connectivity index (χ4v) is 1.12. The van der Waals surface area contributed by atoms with Gasteiger partial charge in [0, 0.05) is 10.5 Å². The molecule has 1 amide bonds. The van der Waals surface area contributed by atoms with Crippen molar-refractivity contribution in [2.24, 2.45) is 5.11 Å². The summed E-state index contributed by atoms with van der Waals surface area (Å²) >= 11 is 0. The van der Waals surface area contributed by atoms with Crippen LogP contribution in [0.2, 0.25) is 0 Å². The number of nitrogens with zero attached hydrogens (tertiary/aromatic N) is 3. The number of hydrogen-bond donors (Lipinski definition) is 1. The highest BCUT2D eigenvalue weighted by Crippen LogP contribution is 2.40. The minimum Gasteiger partial charge on any atom is -0.443 e. The van der Waals surface area contributed by atoms with Crippen molar-refractivity contribution in [3.8, 4) is 0 Å². The first-order valence-electron chi connectivity index (χ1n) is 4.89. The van der Waals surface area contributed by atoms with E-state index in [4.69, 9.17) is 10.3 Å². The van der Waals surface area contributed by atoms with Crippen LogP contribution in [0.1, 0.15) is 33.6 Å². The van der Waals surface area contributed by atoms with E-state index in [0.717, 1.165) is 12.8 Å². The van der Waals surface area contributed by atoms with Gasteiger partial charge in [0.1, 0.15) is 5.60 Å². The Morgan fingerprint density at radius 1 is 1.60 bits per heavy atom. The molecular weight excluding hydrogens is 196 g/mol. The zero-order valence-electron chi connectivity index (χ0n) is 9.28. The molecule has 0 aromatic carbocycles. The van der Waals surface area contributed by atoms with E-state index in [1.165, 1.54) is 0 Å². The molecule has 0 aromatic rings. The lowest BCUT2D eigenvalue weighted by Crippen LogP contribution is -2.43. The van der Waals surface area contributed by atoms with Crippen LogP contribution in [0.25, 0.3) is 10.4 Å². The molecule has 1 saturated carbocycles. The molecule has 6 heteroatoms. The summed E-state index contributed by atoms with van der Waals surface area (Å²) in [6.45, 7) is 5.85. The van der Waals surface area contributed by atoms with Gasteiger partial charge in [0.15, 0.2) is 0 Å². The third-order valence-corrected chi connectivity index (χ3v) is 2.02. The van der Waals surface area contributed by atoms with Crippen molar-refractivity contribution in [2.75, 3.05) is 6.54 Å². The molecule has 0 atom stereocenters. The SMILES string of the molecule is CC(C)(C)NC(=O)OC1(CN=[N+]=[N-])CC1. The van der Waals surface area contributed by atoms with Crippen LogP contribution >= 0.6 is 0 Å². The van der Waals surface area contributed by atoms with Gasteiger partial charge in [-0.15, -0.1) is 0 Å². The Morgan fingerprint density at radius 2 is 2.20 bits per heavy atom. The predicted octanol–water partition coefficient (Wildman–Crippen LogP) is 2.35. The van der Waals surface area contributed by atoms with Crippen LogP contribution in [0.15, 0.2) is 5.11 Å². The van der Waals surface area contributed by atoms with Crippen molar-refractivity contribution in [1.82, 2.24) is 5.32 Å². The second-order valence-corrected chi connectivity index (χ2v) is 4.84. The molecule has 0 radical (unpaired) electrons. The van der Waals surface area contributed by atoms with Crippen LogP contribution in [-0.4, -0.2) is 23.8 Å². The Bertz CT molecular complexity index is 298. The predicted molar refractivity (Wildman–Crippen MR) is 55.3 cm³/mol. The summed E-state index contributed by atoms with van der Waals surface area (Å²) < 4.78 is 5.21. The Morgan fingerprint density at radius 3 is 2.60 bits per heavy atom. The van der Waals surface area contributed by atoms with E-state index in [9.17, 15) is 4.79 Å². The first-order chi connectivity index (χ1) is 6.87. The zero-order chi connectivity index (χ0) is 11.5. The van der Waals surface area contributed by atoms with Crippen molar-refractivity contribution >= 4 is 6.09 Å². The standard InChI is InChI=1S/C9H16N4O2/c1-8(2,3)12-7(14)15-9(4-5-9)6-11-13-10/h4-6H2,1-3H3,(H,12,14). The van der Waals surface area contributed by atoms with Crippen LogP contribution < -0.4 is 5.32 Å². The van der Waals surface area contributed by atoms with Gasteiger partial charge in [-0.2, -0.15) is 0 Å². The van der Waals surface area contributed by atoms with Gasteiger partial charge in [-0.05, 0) is 39.1 Å². The Kier molecular flexibility index (Phi) is 3.09. The molecule has 0 spiro atoms. The number of amides is 1. The van der Waals surface area contributed by atoms with Gasteiger partial charge >= 0.3 is 6.09 Å². The molecule has 1 fully saturated rings. The number of carbonyl (C=O) groups excluding carboxylic acids is 1. The molecule has 0 aromatic heterocycles. The van der Waals surface area contributed by atoms with E-state index < -0.39 is 11.7 Å². The fraction of sp³-hybridized carbons (Fsp3) is 0.889. The molecule has 15 heavy (non-hydrogen) atoms. The van der Waals surface area contributed by atoms with Crippen LogP contribution in [0.4, 0.5) is 4.79 Å². The van der Waals surface area contributed by atoms with E-state index in [-0.39, 0.29) is 12.1 Å². The van der Waals surface area contributed by atoms with Crippen molar-refractivity contribution in [3.63, 3.8) is 0 Å². The monoisotopic (exact) mass is 212 g/mol. The molecule has 84 valence electrons. The van der Waals surface area contributed by atoms with Gasteiger partial charge in [0.05, 0.1) is 6.54 Å². The maximum absolute atomic E-state index is 11.4. The van der Waals surface area contributed by atoms with Crippen LogP contribution in [0.3, 0.4) is 0 Å². The maximum atomic E-state index is 11.4. The summed E-state index contributed by atoms with van der Waals surface area (Å²) in [4.78, 5) is 14.1. The highest BCUT2D eigenvalue weighted by molar-refractivity contribution is 5.69. The normalized spacial score (nSPS) is 17.5. The molecular formula is C9H16N4O2. The maximum Gasteiger partial charge on any atom is 0.408 e. The molecule has 6 nitrogen and oxygen atoms in total. The summed E-state index contributed by atoms with van der Waals surface area (Å²) in [5.74, 6) is 0. The van der Waals surface area contributed by atoms with Crippen LogP contribution in [-0.2, 0) is 4.74 Å². The minimum atomic E-state index is -0.540. The number of rotatable bonds is 3. The highest BCUT2D eigenvalue weighted by atomic mass is 16.6. The Hall–Kier alpha value is -1.42. The number of alkyl carbamates (subject to hydrolysis) is 1. The Balaban J connectivity index is 2.41. The summed E-state index contributed by atoms with van der Waals surface area (Å²) in [5, 5.41) is 6.13. The molecule has 0 bridgehead atoms. The van der Waals surface area contributed by atoms with Gasteiger partial charge in [0.2, 0.25) is 0 Å². The molecule has 1 N–H and O–H groups in total. The zero-order valence-corrected chi connectivity index (χ0v) is 9.28. The van der Waals surface area contributed by atoms with Gasteiger partial charge in [0.25, 0.3) is 0 Å². The average Bonchev–Trinajstić information content (AvgIpc) is 2.78. The molecule has 1 aliphatic rings. The second-order valence-electron chi connectivity index (χ2n) is 4.84. The number of carbonyl (C=O) groups is 1. The van der Waals surface area contributed by atoms with Gasteiger partial charge < -0.3 is 10.1 Å². The van der Waals surface area contributed by atoms with Gasteiger partial charge in [-0.1, -0.05) is 5.11 Å². The molecule has 1 rings (SSSR count). The van der Waals surface area contributed by atoms with E-state index in [0.29, 0.717) is 0 Å². The lowest BCUT2D eigenvalue weighted by atomic mass is 10.1. The number of ether oxygens (including phenoxy) is 1. The first kappa shape index (κ1) is 11.7. The van der Waals surface area contributed by atoms with E-state index in [1.54, 1.807) is 0 Å². The summed E-state index contributed by atoms with van der Waals surface area (Å²) in [6, 6.07) is 0. The van der Waals surface area contributed by atoms with Crippen LogP contribution in [0.5, 0.6) is 0 Å².